The van der Waals surface area contributed by atoms with Gasteiger partial charge in [-0.25, -0.2) is 4.98 Å². The van der Waals surface area contributed by atoms with Crippen LogP contribution in [-0.4, -0.2) is 40.5 Å². The molecular weight excluding hydrogens is 335 g/mol. The van der Waals surface area contributed by atoms with E-state index in [0.29, 0.717) is 38.8 Å². The minimum absolute atomic E-state index is 0.297. The zero-order valence-corrected chi connectivity index (χ0v) is 13.3. The number of methoxy groups -OCH3 is 1. The lowest BCUT2D eigenvalue weighted by Crippen LogP contribution is -2.26. The van der Waals surface area contributed by atoms with Gasteiger partial charge in [-0.3, -0.25) is 9.89 Å². The molecule has 1 amide bonds. The normalized spacial score (nSPS) is 10.4. The zero-order chi connectivity index (χ0) is 15.2. The number of hydrogen-bond acceptors (Lipinski definition) is 5. The Labute approximate surface area is 135 Å². The number of aromatic amines is 1. The first-order chi connectivity index (χ1) is 10.1. The molecule has 9 heteroatoms. The predicted octanol–water partition coefficient (Wildman–Crippen LogP) is 2.64. The fraction of sp³-hybridized carbons (Fsp3) is 0.250. The number of carbonyl (C=O) groups is 1. The van der Waals surface area contributed by atoms with Crippen LogP contribution in [0.15, 0.2) is 23.6 Å². The van der Waals surface area contributed by atoms with Gasteiger partial charge in [0, 0.05) is 17.3 Å². The summed E-state index contributed by atoms with van der Waals surface area (Å²) in [5.74, 6) is 0.660. The van der Waals surface area contributed by atoms with Gasteiger partial charge in [0.25, 0.3) is 5.91 Å². The summed E-state index contributed by atoms with van der Waals surface area (Å²) in [6.45, 7) is 0.456. The second-order valence-corrected chi connectivity index (χ2v) is 5.79. The number of nitrogens with one attached hydrogen (secondary N) is 2. The van der Waals surface area contributed by atoms with Crippen molar-refractivity contribution >= 4 is 40.9 Å². The first-order valence-corrected chi connectivity index (χ1v) is 7.65. The molecule has 0 saturated heterocycles. The van der Waals surface area contributed by atoms with Crippen LogP contribution < -0.4 is 10.1 Å². The highest BCUT2D eigenvalue weighted by atomic mass is 35.5. The number of carbonyl (C=O) groups excluding carboxylic acids is 1. The Bertz CT molecular complexity index is 622. The van der Waals surface area contributed by atoms with E-state index in [2.05, 4.69) is 20.5 Å². The molecule has 2 rings (SSSR count). The summed E-state index contributed by atoms with van der Waals surface area (Å²) in [4.78, 5) is 16.1. The molecule has 0 spiro atoms. The summed E-state index contributed by atoms with van der Waals surface area (Å²) in [5.41, 5.74) is 0.305. The van der Waals surface area contributed by atoms with Gasteiger partial charge in [0.15, 0.2) is 5.16 Å². The SMILES string of the molecule is COc1c(Cl)cc(Cl)cc1C(=O)NCCSc1ncn[nH]1. The molecule has 2 aromatic rings. The molecule has 1 heterocycles. The summed E-state index contributed by atoms with van der Waals surface area (Å²) < 4.78 is 5.14. The maximum absolute atomic E-state index is 12.1. The van der Waals surface area contributed by atoms with E-state index in [9.17, 15) is 4.79 Å². The quantitative estimate of drug-likeness (QED) is 0.620. The number of halogens is 2. The van der Waals surface area contributed by atoms with Crippen LogP contribution in [0.5, 0.6) is 5.75 Å². The summed E-state index contributed by atoms with van der Waals surface area (Å²) >= 11 is 13.4. The van der Waals surface area contributed by atoms with Crippen molar-refractivity contribution in [1.82, 2.24) is 20.5 Å². The molecule has 0 aliphatic heterocycles. The molecule has 0 atom stereocenters. The topological polar surface area (TPSA) is 79.9 Å². The number of ether oxygens (including phenoxy) is 1. The van der Waals surface area contributed by atoms with Gasteiger partial charge in [-0.1, -0.05) is 35.0 Å². The van der Waals surface area contributed by atoms with Gasteiger partial charge in [-0.2, -0.15) is 5.10 Å². The van der Waals surface area contributed by atoms with Crippen LogP contribution >= 0.6 is 35.0 Å². The van der Waals surface area contributed by atoms with E-state index >= 15 is 0 Å². The number of nitrogens with zero attached hydrogens (tertiary/aromatic N) is 2. The molecule has 0 aliphatic carbocycles. The third kappa shape index (κ3) is 4.26. The number of H-pyrrole nitrogens is 1. The summed E-state index contributed by atoms with van der Waals surface area (Å²) in [7, 11) is 1.45. The molecule has 6 nitrogen and oxygen atoms in total. The van der Waals surface area contributed by atoms with Crippen molar-refractivity contribution in [3.05, 3.63) is 34.1 Å². The van der Waals surface area contributed by atoms with E-state index < -0.39 is 0 Å². The molecule has 0 bridgehead atoms. The Morgan fingerprint density at radius 3 is 2.95 bits per heavy atom. The molecule has 0 aliphatic rings. The van der Waals surface area contributed by atoms with Gasteiger partial charge in [-0.15, -0.1) is 0 Å². The Morgan fingerprint density at radius 1 is 1.48 bits per heavy atom. The number of aromatic nitrogens is 3. The summed E-state index contributed by atoms with van der Waals surface area (Å²) in [6, 6.07) is 3.05. The lowest BCUT2D eigenvalue weighted by Gasteiger charge is -2.11. The smallest absolute Gasteiger partial charge is 0.255 e. The van der Waals surface area contributed by atoms with Gasteiger partial charge in [0.05, 0.1) is 17.7 Å². The lowest BCUT2D eigenvalue weighted by molar-refractivity contribution is 0.0953. The van der Waals surface area contributed by atoms with Gasteiger partial charge in [0.2, 0.25) is 0 Å². The van der Waals surface area contributed by atoms with Crippen molar-refractivity contribution in [3.8, 4) is 5.75 Å². The van der Waals surface area contributed by atoms with Crippen molar-refractivity contribution in [2.24, 2.45) is 0 Å². The minimum atomic E-state index is -0.297. The van der Waals surface area contributed by atoms with Crippen LogP contribution in [0.2, 0.25) is 10.0 Å². The lowest BCUT2D eigenvalue weighted by atomic mass is 10.2. The highest BCUT2D eigenvalue weighted by Crippen LogP contribution is 2.32. The molecule has 2 N–H and O–H groups in total. The Kier molecular flexibility index (Phi) is 5.72. The van der Waals surface area contributed by atoms with Crippen molar-refractivity contribution < 1.29 is 9.53 Å². The van der Waals surface area contributed by atoms with E-state index in [1.165, 1.54) is 37.3 Å². The number of thioether (sulfide) groups is 1. The molecule has 0 fully saturated rings. The van der Waals surface area contributed by atoms with Gasteiger partial charge in [-0.05, 0) is 12.1 Å². The van der Waals surface area contributed by atoms with Crippen molar-refractivity contribution in [1.29, 1.82) is 0 Å². The van der Waals surface area contributed by atoms with E-state index in [4.69, 9.17) is 27.9 Å². The first kappa shape index (κ1) is 15.9. The molecule has 0 saturated carbocycles. The number of amides is 1. The summed E-state index contributed by atoms with van der Waals surface area (Å²) in [6.07, 6.45) is 1.43. The Balaban J connectivity index is 1.94. The molecule has 112 valence electrons. The fourth-order valence-corrected chi connectivity index (χ4v) is 2.81. The molecular formula is C12H12Cl2N4O2S. The average Bonchev–Trinajstić information content (AvgIpc) is 2.95. The van der Waals surface area contributed by atoms with Crippen molar-refractivity contribution in [2.75, 3.05) is 19.4 Å². The van der Waals surface area contributed by atoms with Crippen molar-refractivity contribution in [2.45, 2.75) is 5.16 Å². The largest absolute Gasteiger partial charge is 0.494 e. The average molecular weight is 347 g/mol. The first-order valence-electron chi connectivity index (χ1n) is 5.91. The number of rotatable bonds is 6. The van der Waals surface area contributed by atoms with Crippen LogP contribution in [0.25, 0.3) is 0 Å². The highest BCUT2D eigenvalue weighted by molar-refractivity contribution is 7.99. The van der Waals surface area contributed by atoms with Crippen molar-refractivity contribution in [3.63, 3.8) is 0 Å². The Morgan fingerprint density at radius 2 is 2.29 bits per heavy atom. The Hall–Kier alpha value is -1.44. The van der Waals surface area contributed by atoms with Gasteiger partial charge < -0.3 is 10.1 Å². The maximum Gasteiger partial charge on any atom is 0.255 e. The van der Waals surface area contributed by atoms with Crippen LogP contribution in [-0.2, 0) is 0 Å². The molecule has 1 aromatic carbocycles. The molecule has 0 unspecified atom stereocenters. The second-order valence-electron chi connectivity index (χ2n) is 3.86. The van der Waals surface area contributed by atoms with E-state index in [0.717, 1.165) is 0 Å². The third-order valence-corrected chi connectivity index (χ3v) is 3.85. The van der Waals surface area contributed by atoms with Crippen LogP contribution in [0, 0.1) is 0 Å². The third-order valence-electron chi connectivity index (χ3n) is 2.48. The van der Waals surface area contributed by atoms with E-state index in [-0.39, 0.29) is 5.91 Å². The van der Waals surface area contributed by atoms with Gasteiger partial charge >= 0.3 is 0 Å². The van der Waals surface area contributed by atoms with Crippen LogP contribution in [0.4, 0.5) is 0 Å². The number of benzene rings is 1. The molecule has 0 radical (unpaired) electrons. The maximum atomic E-state index is 12.1. The molecule has 1 aromatic heterocycles. The molecule has 21 heavy (non-hydrogen) atoms. The zero-order valence-electron chi connectivity index (χ0n) is 11.0. The second kappa shape index (κ2) is 7.53. The van der Waals surface area contributed by atoms with E-state index in [1.54, 1.807) is 0 Å². The van der Waals surface area contributed by atoms with Crippen LogP contribution in [0.1, 0.15) is 10.4 Å². The number of hydrogen-bond donors (Lipinski definition) is 2. The summed E-state index contributed by atoms with van der Waals surface area (Å²) in [5, 5.41) is 10.6. The minimum Gasteiger partial charge on any atom is -0.494 e. The standard InChI is InChI=1S/C12H12Cl2N4O2S/c1-20-10-8(4-7(13)5-9(10)14)11(19)15-2-3-21-12-16-6-17-18-12/h4-6H,2-3H2,1H3,(H,15,19)(H,16,17,18). The fourth-order valence-electron chi connectivity index (χ4n) is 1.61. The monoisotopic (exact) mass is 346 g/mol. The van der Waals surface area contributed by atoms with E-state index in [1.807, 2.05) is 0 Å². The van der Waals surface area contributed by atoms with Crippen LogP contribution in [0.3, 0.4) is 0 Å². The predicted molar refractivity (Wildman–Crippen MR) is 82.5 cm³/mol. The highest BCUT2D eigenvalue weighted by Gasteiger charge is 2.16. The van der Waals surface area contributed by atoms with Gasteiger partial charge in [0.1, 0.15) is 12.1 Å².